The number of nitrogens with zero attached hydrogens (tertiary/aromatic N) is 3. The molecule has 0 bridgehead atoms. The fraction of sp³-hybridized carbons (Fsp3) is 0.0625. The largest absolute Gasteiger partial charge is 0.497 e. The number of benzene rings is 2. The van der Waals surface area contributed by atoms with Crippen LogP contribution in [0, 0.1) is 5.82 Å². The lowest BCUT2D eigenvalue weighted by atomic mass is 10.1. The standard InChI is InChI=1S/C16H12FN3O3/c1-23-13-8-6-12(7-9-13)20-15(14(16(21)22)18-19-20)10-2-4-11(17)5-3-10/h2-9H,1H3,(H,21,22). The number of hydrogen-bond donors (Lipinski definition) is 1. The Morgan fingerprint density at radius 1 is 1.13 bits per heavy atom. The van der Waals surface area contributed by atoms with Crippen molar-refractivity contribution in [2.75, 3.05) is 7.11 Å². The van der Waals surface area contributed by atoms with Crippen LogP contribution < -0.4 is 4.74 Å². The summed E-state index contributed by atoms with van der Waals surface area (Å²) in [7, 11) is 1.55. The molecule has 0 unspecified atom stereocenters. The second kappa shape index (κ2) is 5.88. The number of methoxy groups -OCH3 is 1. The van der Waals surface area contributed by atoms with E-state index in [-0.39, 0.29) is 11.4 Å². The van der Waals surface area contributed by atoms with Crippen LogP contribution in [-0.2, 0) is 0 Å². The van der Waals surface area contributed by atoms with Crippen LogP contribution in [0.3, 0.4) is 0 Å². The minimum atomic E-state index is -1.20. The van der Waals surface area contributed by atoms with Crippen LogP contribution in [-0.4, -0.2) is 33.2 Å². The van der Waals surface area contributed by atoms with Crippen molar-refractivity contribution in [1.29, 1.82) is 0 Å². The molecule has 0 saturated carbocycles. The number of aromatic nitrogens is 3. The molecule has 0 atom stereocenters. The molecule has 0 amide bonds. The van der Waals surface area contributed by atoms with Crippen molar-refractivity contribution in [2.45, 2.75) is 0 Å². The average molecular weight is 313 g/mol. The fourth-order valence-electron chi connectivity index (χ4n) is 2.20. The summed E-state index contributed by atoms with van der Waals surface area (Å²) in [6.07, 6.45) is 0. The lowest BCUT2D eigenvalue weighted by molar-refractivity contribution is 0.0691. The first kappa shape index (κ1) is 14.7. The van der Waals surface area contributed by atoms with E-state index in [9.17, 15) is 14.3 Å². The Morgan fingerprint density at radius 3 is 2.35 bits per heavy atom. The molecule has 7 heteroatoms. The van der Waals surface area contributed by atoms with E-state index in [1.807, 2.05) is 0 Å². The van der Waals surface area contributed by atoms with Crippen molar-refractivity contribution in [3.05, 3.63) is 60.0 Å². The molecule has 0 radical (unpaired) electrons. The first-order valence-corrected chi connectivity index (χ1v) is 6.69. The third-order valence-corrected chi connectivity index (χ3v) is 3.31. The average Bonchev–Trinajstić information content (AvgIpc) is 3.01. The molecule has 3 rings (SSSR count). The van der Waals surface area contributed by atoms with Crippen LogP contribution in [0.4, 0.5) is 4.39 Å². The normalized spacial score (nSPS) is 10.5. The van der Waals surface area contributed by atoms with Gasteiger partial charge in [0.2, 0.25) is 0 Å². The van der Waals surface area contributed by atoms with Gasteiger partial charge in [-0.3, -0.25) is 0 Å². The minimum absolute atomic E-state index is 0.201. The van der Waals surface area contributed by atoms with Gasteiger partial charge in [-0.2, -0.15) is 0 Å². The predicted molar refractivity (Wildman–Crippen MR) is 80.3 cm³/mol. The molecule has 23 heavy (non-hydrogen) atoms. The van der Waals surface area contributed by atoms with Crippen LogP contribution in [0.5, 0.6) is 5.75 Å². The van der Waals surface area contributed by atoms with Crippen molar-refractivity contribution in [3.8, 4) is 22.7 Å². The van der Waals surface area contributed by atoms with Gasteiger partial charge in [0, 0.05) is 5.56 Å². The SMILES string of the molecule is COc1ccc(-n2nnc(C(=O)O)c2-c2ccc(F)cc2)cc1. The first-order valence-electron chi connectivity index (χ1n) is 6.69. The highest BCUT2D eigenvalue weighted by molar-refractivity contribution is 5.93. The summed E-state index contributed by atoms with van der Waals surface area (Å²) in [6, 6.07) is 12.4. The molecule has 1 aromatic heterocycles. The molecule has 2 aromatic carbocycles. The molecule has 0 saturated heterocycles. The maximum absolute atomic E-state index is 13.1. The van der Waals surface area contributed by atoms with Crippen molar-refractivity contribution >= 4 is 5.97 Å². The highest BCUT2D eigenvalue weighted by atomic mass is 19.1. The van der Waals surface area contributed by atoms with Crippen LogP contribution in [0.25, 0.3) is 16.9 Å². The number of hydrogen-bond acceptors (Lipinski definition) is 4. The molecule has 0 spiro atoms. The fourth-order valence-corrected chi connectivity index (χ4v) is 2.20. The topological polar surface area (TPSA) is 77.2 Å². The molecule has 1 N–H and O–H groups in total. The number of aromatic carboxylic acids is 1. The summed E-state index contributed by atoms with van der Waals surface area (Å²) in [4.78, 5) is 11.4. The van der Waals surface area contributed by atoms with Crippen molar-refractivity contribution in [1.82, 2.24) is 15.0 Å². The summed E-state index contributed by atoms with van der Waals surface area (Å²) in [6.45, 7) is 0. The Labute approximate surface area is 130 Å². The Bertz CT molecular complexity index is 842. The van der Waals surface area contributed by atoms with Gasteiger partial charge in [-0.15, -0.1) is 5.10 Å². The monoisotopic (exact) mass is 313 g/mol. The molecular formula is C16H12FN3O3. The van der Waals surface area contributed by atoms with Gasteiger partial charge in [0.25, 0.3) is 0 Å². The van der Waals surface area contributed by atoms with Crippen molar-refractivity contribution < 1.29 is 19.0 Å². The van der Waals surface area contributed by atoms with Gasteiger partial charge < -0.3 is 9.84 Å². The molecule has 0 aliphatic heterocycles. The Kier molecular flexibility index (Phi) is 3.76. The van der Waals surface area contributed by atoms with Gasteiger partial charge in [0.1, 0.15) is 17.3 Å². The Morgan fingerprint density at radius 2 is 1.78 bits per heavy atom. The Hall–Kier alpha value is -3.22. The van der Waals surface area contributed by atoms with Crippen LogP contribution in [0.15, 0.2) is 48.5 Å². The van der Waals surface area contributed by atoms with Gasteiger partial charge in [-0.1, -0.05) is 5.21 Å². The van der Waals surface area contributed by atoms with Gasteiger partial charge in [-0.05, 0) is 48.5 Å². The zero-order valence-corrected chi connectivity index (χ0v) is 12.1. The van der Waals surface area contributed by atoms with E-state index >= 15 is 0 Å². The van der Waals surface area contributed by atoms with E-state index in [1.54, 1.807) is 31.4 Å². The van der Waals surface area contributed by atoms with Crippen molar-refractivity contribution in [2.24, 2.45) is 0 Å². The molecule has 6 nitrogen and oxygen atoms in total. The molecule has 3 aromatic rings. The summed E-state index contributed by atoms with van der Waals surface area (Å²) in [5.41, 5.74) is 1.20. The summed E-state index contributed by atoms with van der Waals surface area (Å²) in [5.74, 6) is -0.950. The summed E-state index contributed by atoms with van der Waals surface area (Å²) in [5, 5.41) is 16.9. The highest BCUT2D eigenvalue weighted by Crippen LogP contribution is 2.26. The molecule has 116 valence electrons. The summed E-state index contributed by atoms with van der Waals surface area (Å²) < 4.78 is 19.6. The number of carboxylic acid groups (broad SMARTS) is 1. The van der Waals surface area contributed by atoms with E-state index in [2.05, 4.69) is 10.3 Å². The molecule has 1 heterocycles. The summed E-state index contributed by atoms with van der Waals surface area (Å²) >= 11 is 0. The first-order chi connectivity index (χ1) is 11.1. The third kappa shape index (κ3) is 2.76. The number of carbonyl (C=O) groups is 1. The molecule has 0 fully saturated rings. The van der Waals surface area contributed by atoms with E-state index in [4.69, 9.17) is 4.74 Å². The predicted octanol–water partition coefficient (Wildman–Crippen LogP) is 2.78. The number of ether oxygens (including phenoxy) is 1. The zero-order valence-electron chi connectivity index (χ0n) is 12.1. The van der Waals surface area contributed by atoms with Gasteiger partial charge >= 0.3 is 5.97 Å². The van der Waals surface area contributed by atoms with E-state index < -0.39 is 11.8 Å². The highest BCUT2D eigenvalue weighted by Gasteiger charge is 2.21. The minimum Gasteiger partial charge on any atom is -0.497 e. The maximum atomic E-state index is 13.1. The van der Waals surface area contributed by atoms with E-state index in [0.717, 1.165) is 0 Å². The lowest BCUT2D eigenvalue weighted by Crippen LogP contribution is -2.03. The lowest BCUT2D eigenvalue weighted by Gasteiger charge is -2.08. The number of carboxylic acids is 1. The van der Waals surface area contributed by atoms with E-state index in [1.165, 1.54) is 28.9 Å². The Balaban J connectivity index is 2.17. The van der Waals surface area contributed by atoms with E-state index in [0.29, 0.717) is 17.0 Å². The van der Waals surface area contributed by atoms with Gasteiger partial charge in [0.05, 0.1) is 12.8 Å². The van der Waals surface area contributed by atoms with Crippen LogP contribution >= 0.6 is 0 Å². The van der Waals surface area contributed by atoms with Crippen molar-refractivity contribution in [3.63, 3.8) is 0 Å². The smallest absolute Gasteiger partial charge is 0.358 e. The third-order valence-electron chi connectivity index (χ3n) is 3.31. The quantitative estimate of drug-likeness (QED) is 0.801. The second-order valence-electron chi connectivity index (χ2n) is 4.71. The molecule has 0 aliphatic rings. The maximum Gasteiger partial charge on any atom is 0.358 e. The number of halogens is 1. The molecule has 0 aliphatic carbocycles. The number of rotatable bonds is 4. The molecular weight excluding hydrogens is 301 g/mol. The van der Waals surface area contributed by atoms with Crippen LogP contribution in [0.2, 0.25) is 0 Å². The van der Waals surface area contributed by atoms with Gasteiger partial charge in [0.15, 0.2) is 5.69 Å². The zero-order chi connectivity index (χ0) is 16.4. The van der Waals surface area contributed by atoms with Gasteiger partial charge in [-0.25, -0.2) is 13.9 Å². The van der Waals surface area contributed by atoms with Crippen LogP contribution in [0.1, 0.15) is 10.5 Å². The second-order valence-corrected chi connectivity index (χ2v) is 4.71.